The standard InChI is InChI=1S/C9H9O2.2C2H5.CH3.Pt/c1-6(10)8-3-4-9(5-8)7(2)11;2*1-2;;/h3-5H,1-2H3;2*1H2,2H3;1H3;. The van der Waals surface area contributed by atoms with E-state index in [9.17, 15) is 9.59 Å². The minimum atomic E-state index is -2.21. The van der Waals surface area contributed by atoms with Crippen LogP contribution >= 0.6 is 0 Å². The van der Waals surface area contributed by atoms with Crippen molar-refractivity contribution >= 4 is 11.6 Å². The van der Waals surface area contributed by atoms with Crippen LogP contribution in [-0.2, 0) is 25.6 Å². The van der Waals surface area contributed by atoms with Gasteiger partial charge in [-0.25, -0.2) is 0 Å². The van der Waals surface area contributed by atoms with Gasteiger partial charge in [-0.2, -0.15) is 0 Å². The van der Waals surface area contributed by atoms with Crippen molar-refractivity contribution in [1.82, 2.24) is 0 Å². The Morgan fingerprint density at radius 1 is 1.24 bits per heavy atom. The van der Waals surface area contributed by atoms with Crippen molar-refractivity contribution in [2.45, 2.75) is 46.4 Å². The van der Waals surface area contributed by atoms with Crippen molar-refractivity contribution in [3.63, 3.8) is 0 Å². The molecule has 0 bridgehead atoms. The molecule has 1 unspecified atom stereocenters. The molecule has 3 heteroatoms. The number of hydrogen-bond acceptors (Lipinski definition) is 2. The van der Waals surface area contributed by atoms with Crippen LogP contribution in [0.3, 0.4) is 0 Å². The van der Waals surface area contributed by atoms with Gasteiger partial charge in [-0.05, 0) is 0 Å². The van der Waals surface area contributed by atoms with Gasteiger partial charge in [0.1, 0.15) is 0 Å². The van der Waals surface area contributed by atoms with Crippen LogP contribution < -0.4 is 0 Å². The van der Waals surface area contributed by atoms with Crippen molar-refractivity contribution in [1.29, 1.82) is 0 Å². The van der Waals surface area contributed by atoms with Gasteiger partial charge in [0, 0.05) is 0 Å². The van der Waals surface area contributed by atoms with E-state index in [1.165, 1.54) is 0 Å². The Morgan fingerprint density at radius 2 is 1.76 bits per heavy atom. The van der Waals surface area contributed by atoms with Crippen LogP contribution in [0.15, 0.2) is 23.8 Å². The van der Waals surface area contributed by atoms with Crippen LogP contribution in [0.4, 0.5) is 0 Å². The molecule has 0 heterocycles. The van der Waals surface area contributed by atoms with Crippen LogP contribution in [0, 0.1) is 0 Å². The molecule has 1 rings (SSSR count). The van der Waals surface area contributed by atoms with Crippen LogP contribution in [0.2, 0.25) is 18.7 Å². The summed E-state index contributed by atoms with van der Waals surface area (Å²) < 4.78 is -0.419. The first kappa shape index (κ1) is 14.6. The third-order valence-corrected chi connectivity index (χ3v) is 16.5. The zero-order chi connectivity index (χ0) is 13.3. The molecule has 1 aliphatic carbocycles. The fourth-order valence-electron chi connectivity index (χ4n) is 1.99. The first-order valence-corrected chi connectivity index (χ1v) is 12.4. The third-order valence-electron chi connectivity index (χ3n) is 3.39. The summed E-state index contributed by atoms with van der Waals surface area (Å²) in [7, 11) is 0. The van der Waals surface area contributed by atoms with Crippen LogP contribution in [0.5, 0.6) is 0 Å². The summed E-state index contributed by atoms with van der Waals surface area (Å²) in [5.41, 5.74) is 0.706. The number of ketones is 2. The fourth-order valence-corrected chi connectivity index (χ4v) is 9.97. The maximum absolute atomic E-state index is 12.1. The molecule has 0 radical (unpaired) electrons. The van der Waals surface area contributed by atoms with Gasteiger partial charge in [0.05, 0.1) is 0 Å². The summed E-state index contributed by atoms with van der Waals surface area (Å²) in [5.74, 6) is 0.257. The van der Waals surface area contributed by atoms with Gasteiger partial charge in [-0.1, -0.05) is 0 Å². The quantitative estimate of drug-likeness (QED) is 0.680. The van der Waals surface area contributed by atoms with Gasteiger partial charge < -0.3 is 0 Å². The molecule has 0 aromatic carbocycles. The van der Waals surface area contributed by atoms with Crippen molar-refractivity contribution in [2.75, 3.05) is 0 Å². The van der Waals surface area contributed by atoms with E-state index in [0.717, 1.165) is 9.62 Å². The number of hydrogen-bond donors (Lipinski definition) is 0. The number of carbonyl (C=O) groups is 2. The molecule has 0 aliphatic heterocycles. The molecule has 0 saturated carbocycles. The second kappa shape index (κ2) is 5.02. The monoisotopic (exact) mass is 417 g/mol. The van der Waals surface area contributed by atoms with Gasteiger partial charge in [-0.15, -0.1) is 0 Å². The van der Waals surface area contributed by atoms with Crippen LogP contribution in [0.25, 0.3) is 0 Å². The molecule has 17 heavy (non-hydrogen) atoms. The van der Waals surface area contributed by atoms with Crippen molar-refractivity contribution in [3.8, 4) is 0 Å². The van der Waals surface area contributed by atoms with E-state index in [2.05, 4.69) is 19.2 Å². The molecule has 1 atom stereocenters. The van der Waals surface area contributed by atoms with Gasteiger partial charge in [0.15, 0.2) is 0 Å². The summed E-state index contributed by atoms with van der Waals surface area (Å²) in [5, 5.41) is 2.30. The SMILES string of the molecule is C[CH2][Pt]([CH3])([CH2]C)[C]1(C(C)=O)C=CC(C(C)=O)=C1. The third kappa shape index (κ3) is 2.24. The second-order valence-electron chi connectivity index (χ2n) is 4.20. The molecule has 0 aromatic rings. The topological polar surface area (TPSA) is 34.1 Å². The molecule has 0 aromatic heterocycles. The molecular weight excluding hydrogens is 395 g/mol. The Kier molecular flexibility index (Phi) is 4.30. The molecular formula is C14H22O2Pt. The maximum atomic E-state index is 12.1. The molecule has 0 N–H and O–H groups in total. The summed E-state index contributed by atoms with van der Waals surface area (Å²) in [6, 6.07) is 0. The summed E-state index contributed by atoms with van der Waals surface area (Å²) in [6.45, 7) is 7.59. The number of carbonyl (C=O) groups excluding carboxylic acids is 2. The minimum absolute atomic E-state index is 0.0557. The first-order chi connectivity index (χ1) is 7.83. The van der Waals surface area contributed by atoms with Crippen molar-refractivity contribution in [2.24, 2.45) is 0 Å². The normalized spacial score (nSPS) is 24.6. The van der Waals surface area contributed by atoms with Crippen molar-refractivity contribution < 1.29 is 25.6 Å². The average molecular weight is 417 g/mol. The average Bonchev–Trinajstić information content (AvgIpc) is 2.74. The van der Waals surface area contributed by atoms with E-state index < -0.39 is 19.9 Å². The van der Waals surface area contributed by atoms with Gasteiger partial charge in [0.2, 0.25) is 0 Å². The summed E-state index contributed by atoms with van der Waals surface area (Å²) >= 11 is -2.21. The first-order valence-electron chi connectivity index (χ1n) is 5.73. The number of rotatable bonds is 5. The van der Waals surface area contributed by atoms with E-state index in [1.54, 1.807) is 13.8 Å². The Hall–Kier alpha value is -0.492. The molecule has 0 spiro atoms. The number of Topliss-reactive ketones (excluding diaryl/α,β-unsaturated/α-hetero) is 2. The molecule has 0 amide bonds. The van der Waals surface area contributed by atoms with Crippen LogP contribution in [-0.4, -0.2) is 11.6 Å². The Labute approximate surface area is 107 Å². The Balaban J connectivity index is 3.34. The zero-order valence-electron chi connectivity index (χ0n) is 11.3. The number of allylic oxidation sites excluding steroid dienone is 4. The predicted molar refractivity (Wildman–Crippen MR) is 68.1 cm³/mol. The molecule has 1 aliphatic rings. The summed E-state index contributed by atoms with van der Waals surface area (Å²) in [6.07, 6.45) is 5.79. The van der Waals surface area contributed by atoms with Crippen molar-refractivity contribution in [3.05, 3.63) is 23.8 Å². The molecule has 2 nitrogen and oxygen atoms in total. The predicted octanol–water partition coefficient (Wildman–Crippen LogP) is 3.90. The Bertz CT molecular complexity index is 402. The van der Waals surface area contributed by atoms with E-state index in [0.29, 0.717) is 5.57 Å². The van der Waals surface area contributed by atoms with Gasteiger partial charge in [-0.3, -0.25) is 0 Å². The zero-order valence-corrected chi connectivity index (χ0v) is 13.6. The van der Waals surface area contributed by atoms with Gasteiger partial charge >= 0.3 is 107 Å². The van der Waals surface area contributed by atoms with Crippen LogP contribution in [0.1, 0.15) is 27.7 Å². The molecule has 0 fully saturated rings. The van der Waals surface area contributed by atoms with Gasteiger partial charge in [0.25, 0.3) is 0 Å². The summed E-state index contributed by atoms with van der Waals surface area (Å²) in [4.78, 5) is 25.8. The Morgan fingerprint density at radius 3 is 2.06 bits per heavy atom. The fraction of sp³-hybridized carbons (Fsp3) is 0.571. The van der Waals surface area contributed by atoms with E-state index in [-0.39, 0.29) is 11.6 Å². The van der Waals surface area contributed by atoms with E-state index >= 15 is 0 Å². The van der Waals surface area contributed by atoms with E-state index in [1.807, 2.05) is 18.2 Å². The molecule has 100 valence electrons. The van der Waals surface area contributed by atoms with E-state index in [4.69, 9.17) is 0 Å². The molecule has 0 saturated heterocycles. The second-order valence-corrected chi connectivity index (χ2v) is 16.4.